The van der Waals surface area contributed by atoms with Crippen LogP contribution >= 0.6 is 0 Å². The van der Waals surface area contributed by atoms with Crippen LogP contribution in [-0.4, -0.2) is 37.4 Å². The predicted molar refractivity (Wildman–Crippen MR) is 111 cm³/mol. The topological polar surface area (TPSA) is 62.1 Å². The molecular weight excluding hydrogens is 378 g/mol. The highest BCUT2D eigenvalue weighted by Crippen LogP contribution is 2.53. The number of piperidine rings is 1. The van der Waals surface area contributed by atoms with Gasteiger partial charge in [0.2, 0.25) is 17.4 Å². The van der Waals surface area contributed by atoms with Gasteiger partial charge in [0.05, 0.1) is 17.9 Å². The number of benzene rings is 2. The molecule has 0 bridgehead atoms. The second kappa shape index (κ2) is 6.01. The number of hydrogen-bond acceptors (Lipinski definition) is 3. The Morgan fingerprint density at radius 3 is 2.47 bits per heavy atom. The highest BCUT2D eigenvalue weighted by molar-refractivity contribution is 6.25. The van der Waals surface area contributed by atoms with Gasteiger partial charge in [-0.1, -0.05) is 36.4 Å². The third-order valence-corrected chi connectivity index (χ3v) is 7.76. The van der Waals surface area contributed by atoms with E-state index in [0.717, 1.165) is 42.0 Å². The summed E-state index contributed by atoms with van der Waals surface area (Å²) in [7, 11) is 1.79. The molecule has 3 saturated heterocycles. The first kappa shape index (κ1) is 17.8. The van der Waals surface area contributed by atoms with Crippen molar-refractivity contribution in [2.75, 3.05) is 23.4 Å². The molecule has 0 aliphatic carbocycles. The first-order valence-electron chi connectivity index (χ1n) is 10.7. The number of nitrogens with one attached hydrogen (secondary N) is 1. The Morgan fingerprint density at radius 2 is 1.67 bits per heavy atom. The van der Waals surface area contributed by atoms with E-state index in [1.54, 1.807) is 24.1 Å². The molecule has 4 aliphatic heterocycles. The Morgan fingerprint density at radius 1 is 0.933 bits per heavy atom. The Labute approximate surface area is 175 Å². The summed E-state index contributed by atoms with van der Waals surface area (Å²) >= 11 is 0. The number of hydrogen-bond donors (Lipinski definition) is 1. The van der Waals surface area contributed by atoms with Gasteiger partial charge in [-0.3, -0.25) is 14.4 Å². The van der Waals surface area contributed by atoms with Gasteiger partial charge in [0.1, 0.15) is 17.9 Å². The van der Waals surface area contributed by atoms with Gasteiger partial charge in [0.15, 0.2) is 0 Å². The van der Waals surface area contributed by atoms with Crippen molar-refractivity contribution in [2.24, 2.45) is 11.8 Å². The molecule has 1 spiro atoms. The molecule has 2 aromatic rings. The summed E-state index contributed by atoms with van der Waals surface area (Å²) in [5, 5.41) is 0. The van der Waals surface area contributed by atoms with E-state index in [1.807, 2.05) is 42.5 Å². The van der Waals surface area contributed by atoms with E-state index in [-0.39, 0.29) is 23.8 Å². The number of carbonyl (C=O) groups excluding carboxylic acids is 3. The van der Waals surface area contributed by atoms with Crippen LogP contribution in [0.3, 0.4) is 0 Å². The van der Waals surface area contributed by atoms with Crippen molar-refractivity contribution < 1.29 is 19.3 Å². The Balaban J connectivity index is 1.59. The molecule has 0 aromatic heterocycles. The maximum absolute atomic E-state index is 13.9. The van der Waals surface area contributed by atoms with Crippen LogP contribution < -0.4 is 14.7 Å². The summed E-state index contributed by atoms with van der Waals surface area (Å²) in [4.78, 5) is 45.6. The van der Waals surface area contributed by atoms with Crippen LogP contribution in [0.2, 0.25) is 0 Å². The Bertz CT molecular complexity index is 1080. The lowest BCUT2D eigenvalue weighted by molar-refractivity contribution is -0.965. The molecule has 3 fully saturated rings. The lowest BCUT2D eigenvalue weighted by Gasteiger charge is -2.39. The molecule has 0 saturated carbocycles. The minimum absolute atomic E-state index is 0.00239. The minimum atomic E-state index is -1.00. The van der Waals surface area contributed by atoms with Crippen LogP contribution in [0.15, 0.2) is 54.6 Å². The monoisotopic (exact) mass is 402 g/mol. The van der Waals surface area contributed by atoms with E-state index >= 15 is 0 Å². The van der Waals surface area contributed by atoms with E-state index in [4.69, 9.17) is 0 Å². The standard InChI is InChI=1S/C24H23N3O3/c1-25-17-12-6-5-11-16(17)24(23(25)30)20-19(18-13-7-8-14-26(18)24)21(28)27(22(20)29)15-9-3-2-4-10-15/h2-6,9-12,18-20H,7-8,13-14H2,1H3/p+1/t18-,19-,20-,24-/m1/s1. The molecule has 1 N–H and O–H groups in total. The molecule has 4 heterocycles. The van der Waals surface area contributed by atoms with Crippen LogP contribution in [0.4, 0.5) is 11.4 Å². The van der Waals surface area contributed by atoms with Crippen LogP contribution in [0.25, 0.3) is 0 Å². The zero-order valence-corrected chi connectivity index (χ0v) is 16.9. The number of anilines is 2. The molecule has 152 valence electrons. The number of amides is 3. The second-order valence-electron chi connectivity index (χ2n) is 8.92. The number of carbonyl (C=O) groups is 3. The number of likely N-dealkylation sites (N-methyl/N-ethyl adjacent to an activating group) is 1. The molecule has 6 rings (SSSR count). The molecule has 4 aliphatic rings. The highest BCUT2D eigenvalue weighted by Gasteiger charge is 2.78. The van der Waals surface area contributed by atoms with Crippen LogP contribution in [0.5, 0.6) is 0 Å². The maximum Gasteiger partial charge on any atom is 0.294 e. The molecule has 6 nitrogen and oxygen atoms in total. The molecule has 2 aromatic carbocycles. The van der Waals surface area contributed by atoms with Crippen molar-refractivity contribution in [3.8, 4) is 0 Å². The summed E-state index contributed by atoms with van der Waals surface area (Å²) in [6.07, 6.45) is 2.92. The van der Waals surface area contributed by atoms with E-state index < -0.39 is 17.4 Å². The fourth-order valence-electron chi connectivity index (χ4n) is 6.71. The molecule has 0 radical (unpaired) electrons. The van der Waals surface area contributed by atoms with Crippen LogP contribution in [0.1, 0.15) is 24.8 Å². The minimum Gasteiger partial charge on any atom is -0.315 e. The lowest BCUT2D eigenvalue weighted by atomic mass is 9.76. The van der Waals surface area contributed by atoms with Crippen LogP contribution in [-0.2, 0) is 19.9 Å². The summed E-state index contributed by atoms with van der Waals surface area (Å²) in [5.74, 6) is -1.51. The van der Waals surface area contributed by atoms with Crippen molar-refractivity contribution >= 4 is 29.1 Å². The van der Waals surface area contributed by atoms with Gasteiger partial charge < -0.3 is 9.80 Å². The van der Waals surface area contributed by atoms with Gasteiger partial charge >= 0.3 is 0 Å². The third-order valence-electron chi connectivity index (χ3n) is 7.76. The van der Waals surface area contributed by atoms with E-state index in [0.29, 0.717) is 5.69 Å². The summed E-state index contributed by atoms with van der Waals surface area (Å²) in [5.41, 5.74) is 1.36. The summed E-state index contributed by atoms with van der Waals surface area (Å²) < 4.78 is 0. The molecule has 6 heteroatoms. The fraction of sp³-hybridized carbons (Fsp3) is 0.375. The van der Waals surface area contributed by atoms with Crippen molar-refractivity contribution in [1.29, 1.82) is 0 Å². The summed E-state index contributed by atoms with van der Waals surface area (Å²) in [6, 6.07) is 16.9. The summed E-state index contributed by atoms with van der Waals surface area (Å²) in [6.45, 7) is 0.817. The first-order valence-corrected chi connectivity index (χ1v) is 10.7. The zero-order chi connectivity index (χ0) is 20.6. The smallest absolute Gasteiger partial charge is 0.294 e. The largest absolute Gasteiger partial charge is 0.315 e. The zero-order valence-electron chi connectivity index (χ0n) is 16.9. The lowest BCUT2D eigenvalue weighted by Crippen LogP contribution is -3.22. The fourth-order valence-corrected chi connectivity index (χ4v) is 6.71. The molecular formula is C24H24N3O3+. The quantitative estimate of drug-likeness (QED) is 0.727. The predicted octanol–water partition coefficient (Wildman–Crippen LogP) is 1.12. The first-order chi connectivity index (χ1) is 14.6. The number of para-hydroxylation sites is 2. The SMILES string of the molecule is CN1C(=O)[C@@]2(c3ccccc31)[C@H]1C(=O)N(c3ccccc3)C(=O)[C@@H]1[C@H]1CCCC[NH+]12. The van der Waals surface area contributed by atoms with Crippen molar-refractivity contribution in [1.82, 2.24) is 0 Å². The van der Waals surface area contributed by atoms with E-state index in [9.17, 15) is 14.4 Å². The van der Waals surface area contributed by atoms with Crippen molar-refractivity contribution in [3.05, 3.63) is 60.2 Å². The van der Waals surface area contributed by atoms with Gasteiger partial charge in [-0.25, -0.2) is 4.90 Å². The number of fused-ring (bicyclic) bond motifs is 7. The van der Waals surface area contributed by atoms with Gasteiger partial charge in [-0.05, 0) is 31.0 Å². The number of rotatable bonds is 1. The average Bonchev–Trinajstić information content (AvgIpc) is 3.32. The Kier molecular flexibility index (Phi) is 3.58. The molecule has 3 amide bonds. The average molecular weight is 402 g/mol. The molecule has 30 heavy (non-hydrogen) atoms. The number of nitrogens with zero attached hydrogens (tertiary/aromatic N) is 2. The van der Waals surface area contributed by atoms with Crippen molar-refractivity contribution in [3.63, 3.8) is 0 Å². The molecule has 5 atom stereocenters. The van der Waals surface area contributed by atoms with Crippen molar-refractivity contribution in [2.45, 2.75) is 30.8 Å². The van der Waals surface area contributed by atoms with Gasteiger partial charge in [0, 0.05) is 19.0 Å². The van der Waals surface area contributed by atoms with Crippen LogP contribution in [0, 0.1) is 11.8 Å². The highest BCUT2D eigenvalue weighted by atomic mass is 16.2. The van der Waals surface area contributed by atoms with E-state index in [1.165, 1.54) is 4.90 Å². The van der Waals surface area contributed by atoms with Gasteiger partial charge in [0.25, 0.3) is 5.91 Å². The third kappa shape index (κ3) is 1.90. The number of imide groups is 1. The number of quaternary nitrogens is 1. The maximum atomic E-state index is 13.9. The van der Waals surface area contributed by atoms with Gasteiger partial charge in [-0.15, -0.1) is 0 Å². The second-order valence-corrected chi connectivity index (χ2v) is 8.92. The normalized spacial score (nSPS) is 34.5. The van der Waals surface area contributed by atoms with E-state index in [2.05, 4.69) is 0 Å². The Hall–Kier alpha value is -2.99. The molecule has 1 unspecified atom stereocenters. The van der Waals surface area contributed by atoms with Gasteiger partial charge in [-0.2, -0.15) is 0 Å².